The molecule has 0 amide bonds. The minimum absolute atomic E-state index is 0.0702. The van der Waals surface area contributed by atoms with Gasteiger partial charge in [0.1, 0.15) is 6.10 Å². The topological polar surface area (TPSA) is 43.4 Å². The van der Waals surface area contributed by atoms with Crippen LogP contribution in [0.5, 0.6) is 0 Å². The summed E-state index contributed by atoms with van der Waals surface area (Å²) in [5.41, 5.74) is 1.67. The number of hydrogen-bond acceptors (Lipinski definition) is 4. The summed E-state index contributed by atoms with van der Waals surface area (Å²) in [6.07, 6.45) is 5.04. The fourth-order valence-corrected chi connectivity index (χ4v) is 5.67. The highest BCUT2D eigenvalue weighted by Crippen LogP contribution is 2.61. The Morgan fingerprint density at radius 2 is 1.89 bits per heavy atom. The van der Waals surface area contributed by atoms with Crippen molar-refractivity contribution in [2.45, 2.75) is 65.4 Å². The first-order valence-corrected chi connectivity index (χ1v) is 11.3. The molecule has 148 valence electrons. The Kier molecular flexibility index (Phi) is 6.67. The Balaban J connectivity index is 1.29. The number of benzene rings is 1. The average Bonchev–Trinajstić information content (AvgIpc) is 2.63. The lowest BCUT2D eigenvalue weighted by Crippen LogP contribution is -2.57. The maximum Gasteiger partial charge on any atom is 0.306 e. The largest absolute Gasteiger partial charge is 0.462 e. The van der Waals surface area contributed by atoms with Gasteiger partial charge >= 0.3 is 5.97 Å². The second kappa shape index (κ2) is 8.81. The molecule has 3 saturated carbocycles. The van der Waals surface area contributed by atoms with Crippen LogP contribution in [0.3, 0.4) is 0 Å². The SMILES string of the molecule is CC1C(OC(=O)CCSC(=O)CCCc2ccccc2)CC2CC1C2(C)C. The van der Waals surface area contributed by atoms with Crippen LogP contribution >= 0.6 is 11.8 Å². The number of esters is 1. The molecule has 3 aliphatic rings. The fraction of sp³-hybridized carbons (Fsp3) is 0.652. The summed E-state index contributed by atoms with van der Waals surface area (Å²) in [4.78, 5) is 24.2. The van der Waals surface area contributed by atoms with Crippen molar-refractivity contribution < 1.29 is 14.3 Å². The molecule has 3 nitrogen and oxygen atoms in total. The quantitative estimate of drug-likeness (QED) is 0.569. The van der Waals surface area contributed by atoms with E-state index < -0.39 is 0 Å². The zero-order valence-corrected chi connectivity index (χ0v) is 17.6. The van der Waals surface area contributed by atoms with E-state index in [1.807, 2.05) is 18.2 Å². The average molecular weight is 389 g/mol. The van der Waals surface area contributed by atoms with Crippen LogP contribution in [-0.2, 0) is 20.7 Å². The molecule has 1 aromatic carbocycles. The molecule has 3 fully saturated rings. The molecular weight excluding hydrogens is 356 g/mol. The fourth-order valence-electron chi connectivity index (χ4n) is 4.89. The lowest BCUT2D eigenvalue weighted by molar-refractivity contribution is -0.185. The van der Waals surface area contributed by atoms with Gasteiger partial charge in [-0.25, -0.2) is 0 Å². The summed E-state index contributed by atoms with van der Waals surface area (Å²) >= 11 is 1.27. The van der Waals surface area contributed by atoms with Crippen molar-refractivity contribution in [2.75, 3.05) is 5.75 Å². The number of thioether (sulfide) groups is 1. The summed E-state index contributed by atoms with van der Waals surface area (Å²) in [7, 11) is 0. The van der Waals surface area contributed by atoms with E-state index in [2.05, 4.69) is 32.9 Å². The second-order valence-corrected chi connectivity index (χ2v) is 9.95. The third-order valence-corrected chi connectivity index (χ3v) is 7.76. The highest BCUT2D eigenvalue weighted by molar-refractivity contribution is 8.13. The van der Waals surface area contributed by atoms with Crippen LogP contribution < -0.4 is 0 Å². The highest BCUT2D eigenvalue weighted by Gasteiger charge is 2.57. The van der Waals surface area contributed by atoms with Crippen LogP contribution in [0.4, 0.5) is 0 Å². The molecule has 2 bridgehead atoms. The molecule has 27 heavy (non-hydrogen) atoms. The molecule has 0 N–H and O–H groups in total. The molecule has 0 saturated heterocycles. The predicted molar refractivity (Wildman–Crippen MR) is 111 cm³/mol. The van der Waals surface area contributed by atoms with E-state index in [1.54, 1.807) is 0 Å². The summed E-state index contributed by atoms with van der Waals surface area (Å²) in [6, 6.07) is 10.2. The van der Waals surface area contributed by atoms with Gasteiger partial charge in [0.25, 0.3) is 0 Å². The van der Waals surface area contributed by atoms with E-state index in [1.165, 1.54) is 23.7 Å². The molecular formula is C23H32O3S. The monoisotopic (exact) mass is 388 g/mol. The summed E-state index contributed by atoms with van der Waals surface area (Å²) < 4.78 is 5.75. The first-order valence-electron chi connectivity index (χ1n) is 10.3. The number of aryl methyl sites for hydroxylation is 1. The first-order chi connectivity index (χ1) is 12.9. The lowest BCUT2D eigenvalue weighted by atomic mass is 9.45. The van der Waals surface area contributed by atoms with E-state index in [4.69, 9.17) is 4.74 Å². The van der Waals surface area contributed by atoms with Crippen molar-refractivity contribution in [3.8, 4) is 0 Å². The number of carbonyl (C=O) groups excluding carboxylic acids is 2. The Bertz CT molecular complexity index is 655. The Hall–Kier alpha value is -1.29. The van der Waals surface area contributed by atoms with Gasteiger partial charge in [0.2, 0.25) is 0 Å². The summed E-state index contributed by atoms with van der Waals surface area (Å²) in [5.74, 6) is 2.20. The van der Waals surface area contributed by atoms with Crippen LogP contribution in [0.1, 0.15) is 58.4 Å². The van der Waals surface area contributed by atoms with Crippen molar-refractivity contribution in [3.63, 3.8) is 0 Å². The Morgan fingerprint density at radius 3 is 2.56 bits per heavy atom. The van der Waals surface area contributed by atoms with Crippen molar-refractivity contribution in [2.24, 2.45) is 23.2 Å². The van der Waals surface area contributed by atoms with Crippen LogP contribution in [0.25, 0.3) is 0 Å². The Labute approximate surface area is 167 Å². The van der Waals surface area contributed by atoms with Crippen molar-refractivity contribution in [1.82, 2.24) is 0 Å². The van der Waals surface area contributed by atoms with Gasteiger partial charge in [0, 0.05) is 12.2 Å². The maximum absolute atomic E-state index is 12.2. The molecule has 4 heteroatoms. The number of carbonyl (C=O) groups is 2. The molecule has 4 unspecified atom stereocenters. The zero-order chi connectivity index (χ0) is 19.4. The first kappa shape index (κ1) is 20.4. The minimum Gasteiger partial charge on any atom is -0.462 e. The van der Waals surface area contributed by atoms with Crippen LogP contribution in [-0.4, -0.2) is 22.9 Å². The molecule has 0 heterocycles. The molecule has 0 aliphatic heterocycles. The Morgan fingerprint density at radius 1 is 1.15 bits per heavy atom. The van der Waals surface area contributed by atoms with Crippen LogP contribution in [0, 0.1) is 23.2 Å². The minimum atomic E-state index is -0.143. The van der Waals surface area contributed by atoms with Crippen molar-refractivity contribution in [3.05, 3.63) is 35.9 Å². The third-order valence-electron chi connectivity index (χ3n) is 6.83. The van der Waals surface area contributed by atoms with Crippen molar-refractivity contribution in [1.29, 1.82) is 0 Å². The molecule has 0 spiro atoms. The smallest absolute Gasteiger partial charge is 0.306 e. The van der Waals surface area contributed by atoms with Crippen LogP contribution in [0.2, 0.25) is 0 Å². The normalized spacial score (nSPS) is 28.3. The molecule has 1 aromatic rings. The molecule has 3 aliphatic carbocycles. The molecule has 0 aromatic heterocycles. The molecule has 4 atom stereocenters. The molecule has 4 rings (SSSR count). The highest BCUT2D eigenvalue weighted by atomic mass is 32.2. The van der Waals surface area contributed by atoms with Gasteiger partial charge in [0.15, 0.2) is 5.12 Å². The van der Waals surface area contributed by atoms with E-state index in [0.717, 1.165) is 19.3 Å². The van der Waals surface area contributed by atoms with Gasteiger partial charge < -0.3 is 4.74 Å². The third kappa shape index (κ3) is 4.96. The van der Waals surface area contributed by atoms with Gasteiger partial charge in [-0.2, -0.15) is 0 Å². The van der Waals surface area contributed by atoms with E-state index in [9.17, 15) is 9.59 Å². The van der Waals surface area contributed by atoms with E-state index in [0.29, 0.717) is 41.8 Å². The predicted octanol–water partition coefficient (Wildman–Crippen LogP) is 5.27. The lowest BCUT2D eigenvalue weighted by Gasteiger charge is -2.61. The standard InChI is InChI=1S/C23H32O3S/c1-16-19-14-18(23(19,2)3)15-20(16)26-21(24)12-13-27-22(25)11-7-10-17-8-5-4-6-9-17/h4-6,8-9,16,18-20H,7,10-15H2,1-3H3. The van der Waals surface area contributed by atoms with E-state index >= 15 is 0 Å². The van der Waals surface area contributed by atoms with E-state index in [-0.39, 0.29) is 17.2 Å². The van der Waals surface area contributed by atoms with Gasteiger partial charge in [0.05, 0.1) is 6.42 Å². The van der Waals surface area contributed by atoms with Crippen molar-refractivity contribution >= 4 is 22.8 Å². The second-order valence-electron chi connectivity index (χ2n) is 8.79. The van der Waals surface area contributed by atoms with Crippen LogP contribution in [0.15, 0.2) is 30.3 Å². The summed E-state index contributed by atoms with van der Waals surface area (Å²) in [5, 5.41) is 0.174. The van der Waals surface area contributed by atoms with Gasteiger partial charge in [-0.15, -0.1) is 0 Å². The number of rotatable bonds is 8. The number of fused-ring (bicyclic) bond motifs is 2. The number of ether oxygens (including phenoxy) is 1. The van der Waals surface area contributed by atoms with Gasteiger partial charge in [-0.1, -0.05) is 62.9 Å². The zero-order valence-electron chi connectivity index (χ0n) is 16.8. The molecule has 0 radical (unpaired) electrons. The summed E-state index contributed by atoms with van der Waals surface area (Å²) in [6.45, 7) is 6.92. The maximum atomic E-state index is 12.2. The number of hydrogen-bond donors (Lipinski definition) is 0. The van der Waals surface area contributed by atoms with Gasteiger partial charge in [-0.3, -0.25) is 9.59 Å². The van der Waals surface area contributed by atoms with Gasteiger partial charge in [-0.05, 0) is 54.4 Å².